The average Bonchev–Trinajstić information content (AvgIpc) is 2.29. The van der Waals surface area contributed by atoms with Crippen LogP contribution in [0.2, 0.25) is 0 Å². The minimum atomic E-state index is 0. The maximum absolute atomic E-state index is 9.50. The first-order chi connectivity index (χ1) is 7.36. The number of halogens is 2. The Labute approximate surface area is 138 Å². The molecule has 0 bridgehead atoms. The molecular formula is C13H11Cl2NOZr. The van der Waals surface area contributed by atoms with Gasteiger partial charge in [-0.2, -0.15) is 0 Å². The van der Waals surface area contributed by atoms with Gasteiger partial charge in [-0.1, -0.05) is 30.3 Å². The molecular weight excluding hydrogens is 348 g/mol. The molecule has 0 aliphatic heterocycles. The molecule has 2 aromatic carbocycles. The number of hydrogen-bond donors (Lipinski definition) is 1. The Hall–Kier alpha value is -0.627. The zero-order valence-electron chi connectivity index (χ0n) is 9.42. The van der Waals surface area contributed by atoms with E-state index in [1.807, 2.05) is 42.5 Å². The molecule has 0 aliphatic carbocycles. The van der Waals surface area contributed by atoms with Crippen LogP contribution in [0.3, 0.4) is 0 Å². The van der Waals surface area contributed by atoms with Crippen molar-refractivity contribution in [3.05, 3.63) is 60.2 Å². The van der Waals surface area contributed by atoms with Crippen molar-refractivity contribution in [2.24, 2.45) is 4.99 Å². The molecule has 0 saturated carbocycles. The van der Waals surface area contributed by atoms with Crippen molar-refractivity contribution in [2.75, 3.05) is 0 Å². The van der Waals surface area contributed by atoms with E-state index < -0.39 is 0 Å². The summed E-state index contributed by atoms with van der Waals surface area (Å²) in [6, 6.07) is 16.7. The molecule has 18 heavy (non-hydrogen) atoms. The number of rotatable bonds is 2. The van der Waals surface area contributed by atoms with Gasteiger partial charge < -0.3 is 29.9 Å². The van der Waals surface area contributed by atoms with Crippen LogP contribution in [0.25, 0.3) is 0 Å². The van der Waals surface area contributed by atoms with E-state index in [2.05, 4.69) is 4.99 Å². The third kappa shape index (κ3) is 5.81. The van der Waals surface area contributed by atoms with Crippen molar-refractivity contribution in [3.8, 4) is 5.75 Å². The second-order valence-corrected chi connectivity index (χ2v) is 3.15. The summed E-state index contributed by atoms with van der Waals surface area (Å²) in [6.45, 7) is 0. The first kappa shape index (κ1) is 19.7. The molecule has 0 fully saturated rings. The second kappa shape index (κ2) is 10.3. The number of para-hydroxylation sites is 2. The fourth-order valence-electron chi connectivity index (χ4n) is 1.25. The number of hydrogen-bond acceptors (Lipinski definition) is 2. The number of phenols is 1. The molecule has 2 aromatic rings. The summed E-state index contributed by atoms with van der Waals surface area (Å²) in [7, 11) is 0. The fourth-order valence-corrected chi connectivity index (χ4v) is 1.25. The summed E-state index contributed by atoms with van der Waals surface area (Å²) in [5.74, 6) is 0.247. The van der Waals surface area contributed by atoms with E-state index >= 15 is 0 Å². The monoisotopic (exact) mass is 357 g/mol. The van der Waals surface area contributed by atoms with Gasteiger partial charge in [0.2, 0.25) is 0 Å². The first-order valence-electron chi connectivity index (χ1n) is 4.73. The van der Waals surface area contributed by atoms with E-state index in [1.54, 1.807) is 18.3 Å². The van der Waals surface area contributed by atoms with Crippen LogP contribution in [0.1, 0.15) is 5.56 Å². The van der Waals surface area contributed by atoms with E-state index in [-0.39, 0.29) is 56.8 Å². The van der Waals surface area contributed by atoms with Gasteiger partial charge in [-0.3, -0.25) is 4.99 Å². The molecule has 0 aromatic heterocycles. The van der Waals surface area contributed by atoms with Gasteiger partial charge in [0.25, 0.3) is 0 Å². The smallest absolute Gasteiger partial charge is 1.00 e. The van der Waals surface area contributed by atoms with Crippen molar-refractivity contribution in [3.63, 3.8) is 0 Å². The molecule has 0 amide bonds. The summed E-state index contributed by atoms with van der Waals surface area (Å²) in [5.41, 5.74) is 1.60. The molecule has 2 rings (SSSR count). The Morgan fingerprint density at radius 2 is 1.39 bits per heavy atom. The van der Waals surface area contributed by atoms with Crippen LogP contribution in [-0.2, 0) is 26.2 Å². The average molecular weight is 359 g/mol. The van der Waals surface area contributed by atoms with Crippen molar-refractivity contribution >= 4 is 11.9 Å². The molecule has 1 N–H and O–H groups in total. The summed E-state index contributed by atoms with van der Waals surface area (Å²) in [6.07, 6.45) is 1.66. The summed E-state index contributed by atoms with van der Waals surface area (Å²) in [4.78, 5) is 4.25. The molecule has 0 radical (unpaired) electrons. The molecule has 0 aliphatic rings. The molecule has 0 heterocycles. The number of nitrogens with zero attached hydrogens (tertiary/aromatic N) is 1. The molecule has 2 nitrogen and oxygen atoms in total. The summed E-state index contributed by atoms with van der Waals surface area (Å²) < 4.78 is 0. The third-order valence-electron chi connectivity index (χ3n) is 2.05. The largest absolute Gasteiger partial charge is 2.00 e. The minimum Gasteiger partial charge on any atom is -1.00 e. The maximum atomic E-state index is 9.50. The maximum Gasteiger partial charge on any atom is 2.00 e. The van der Waals surface area contributed by atoms with Crippen molar-refractivity contribution in [2.45, 2.75) is 0 Å². The molecule has 0 atom stereocenters. The Bertz CT molecular complexity index is 477. The fraction of sp³-hybridized carbons (Fsp3) is 0. The standard InChI is InChI=1S/C13H11NO.2ClH.Zr/c15-13-9-5-4-6-11(13)10-14-12-7-2-1-3-8-12;;;/h1-10,15H;2*1H;/q;;;+2/p-2. The van der Waals surface area contributed by atoms with Crippen LogP contribution < -0.4 is 24.8 Å². The predicted octanol–water partition coefficient (Wildman–Crippen LogP) is -2.85. The topological polar surface area (TPSA) is 32.6 Å². The van der Waals surface area contributed by atoms with Gasteiger partial charge in [-0.05, 0) is 24.3 Å². The van der Waals surface area contributed by atoms with Crippen LogP contribution in [0, 0.1) is 0 Å². The van der Waals surface area contributed by atoms with Gasteiger partial charge in [0.1, 0.15) is 5.75 Å². The van der Waals surface area contributed by atoms with Crippen molar-refractivity contribution in [1.82, 2.24) is 0 Å². The first-order valence-corrected chi connectivity index (χ1v) is 4.73. The minimum absolute atomic E-state index is 0. The number of aliphatic imine (C=N–C) groups is 1. The van der Waals surface area contributed by atoms with Crippen molar-refractivity contribution < 1.29 is 56.1 Å². The Kier molecular flexibility index (Phi) is 11.3. The normalized spacial score (nSPS) is 8.89. The molecule has 92 valence electrons. The van der Waals surface area contributed by atoms with Crippen LogP contribution in [0.4, 0.5) is 5.69 Å². The SMILES string of the molecule is Oc1ccccc1C=Nc1ccccc1.[Cl-].[Cl-].[Zr+2]. The van der Waals surface area contributed by atoms with Gasteiger partial charge in [0.05, 0.1) is 5.69 Å². The van der Waals surface area contributed by atoms with E-state index in [0.717, 1.165) is 11.3 Å². The van der Waals surface area contributed by atoms with Gasteiger partial charge in [0.15, 0.2) is 0 Å². The van der Waals surface area contributed by atoms with E-state index in [4.69, 9.17) is 0 Å². The van der Waals surface area contributed by atoms with Crippen LogP contribution in [-0.4, -0.2) is 11.3 Å². The zero-order valence-corrected chi connectivity index (χ0v) is 13.4. The van der Waals surface area contributed by atoms with E-state index in [0.29, 0.717) is 0 Å². The van der Waals surface area contributed by atoms with Crippen LogP contribution in [0.5, 0.6) is 5.75 Å². The summed E-state index contributed by atoms with van der Waals surface area (Å²) >= 11 is 0. The quantitative estimate of drug-likeness (QED) is 0.576. The van der Waals surface area contributed by atoms with E-state index in [9.17, 15) is 5.11 Å². The molecule has 0 unspecified atom stereocenters. The van der Waals surface area contributed by atoms with Gasteiger partial charge >= 0.3 is 26.2 Å². The molecule has 0 saturated heterocycles. The van der Waals surface area contributed by atoms with Gasteiger partial charge in [-0.25, -0.2) is 0 Å². The Morgan fingerprint density at radius 1 is 0.833 bits per heavy atom. The van der Waals surface area contributed by atoms with Crippen LogP contribution >= 0.6 is 0 Å². The molecule has 0 spiro atoms. The second-order valence-electron chi connectivity index (χ2n) is 3.15. The predicted molar refractivity (Wildman–Crippen MR) is 61.8 cm³/mol. The Balaban J connectivity index is 0. The van der Waals surface area contributed by atoms with Gasteiger partial charge in [-0.15, -0.1) is 0 Å². The number of aromatic hydroxyl groups is 1. The van der Waals surface area contributed by atoms with E-state index in [1.165, 1.54) is 0 Å². The van der Waals surface area contributed by atoms with Crippen LogP contribution in [0.15, 0.2) is 59.6 Å². The third-order valence-corrected chi connectivity index (χ3v) is 2.05. The van der Waals surface area contributed by atoms with Crippen molar-refractivity contribution in [1.29, 1.82) is 0 Å². The summed E-state index contributed by atoms with van der Waals surface area (Å²) in [5, 5.41) is 9.50. The number of phenolic OH excluding ortho intramolecular Hbond substituents is 1. The zero-order chi connectivity index (χ0) is 10.5. The molecule has 5 heteroatoms. The van der Waals surface area contributed by atoms with Gasteiger partial charge in [0, 0.05) is 11.8 Å². The Morgan fingerprint density at radius 3 is 2.00 bits per heavy atom. The number of benzene rings is 2.